The van der Waals surface area contributed by atoms with Gasteiger partial charge in [-0.15, -0.1) is 24.1 Å². The molecule has 9 heteroatoms. The average Bonchev–Trinajstić information content (AvgIpc) is 2.95. The highest BCUT2D eigenvalue weighted by Gasteiger charge is 2.29. The Hall–Kier alpha value is -2.05. The lowest BCUT2D eigenvalue weighted by Crippen LogP contribution is -2.30. The van der Waals surface area contributed by atoms with Crippen LogP contribution < -0.4 is 11.4 Å². The zero-order chi connectivity index (χ0) is 16.1. The van der Waals surface area contributed by atoms with Crippen LogP contribution in [0.15, 0.2) is 11.0 Å². The van der Waals surface area contributed by atoms with Crippen LogP contribution >= 0.6 is 11.8 Å². The number of carbonyl (C=O) groups is 1. The zero-order valence-corrected chi connectivity index (χ0v) is 12.3. The maximum absolute atomic E-state index is 13.4. The van der Waals surface area contributed by atoms with Gasteiger partial charge in [0.15, 0.2) is 11.6 Å². The molecule has 0 unspecified atom stereocenters. The Morgan fingerprint density at radius 2 is 2.50 bits per heavy atom. The van der Waals surface area contributed by atoms with Crippen molar-refractivity contribution in [2.75, 3.05) is 18.1 Å². The minimum absolute atomic E-state index is 0.0319. The fourth-order valence-electron chi connectivity index (χ4n) is 1.75. The van der Waals surface area contributed by atoms with Gasteiger partial charge in [0.05, 0.1) is 12.6 Å². The summed E-state index contributed by atoms with van der Waals surface area (Å²) in [6.07, 6.45) is 5.77. The quantitative estimate of drug-likeness (QED) is 0.621. The van der Waals surface area contributed by atoms with Crippen molar-refractivity contribution in [1.82, 2.24) is 9.55 Å². The van der Waals surface area contributed by atoms with Gasteiger partial charge in [-0.2, -0.15) is 4.98 Å². The van der Waals surface area contributed by atoms with Gasteiger partial charge in [-0.3, -0.25) is 9.36 Å². The third-order valence-corrected chi connectivity index (χ3v) is 3.93. The number of hydrogen-bond acceptors (Lipinski definition) is 7. The molecule has 0 spiro atoms. The molecule has 2 rings (SSSR count). The number of nitrogens with two attached hydrogens (primary N) is 1. The SMILES string of the molecule is C#CCCC(=O)OC[C@@H]1O[C@H](n2cc(F)c(N)nc2=O)CS1. The van der Waals surface area contributed by atoms with Crippen LogP contribution in [-0.4, -0.2) is 33.3 Å². The van der Waals surface area contributed by atoms with Crippen LogP contribution in [0.25, 0.3) is 0 Å². The van der Waals surface area contributed by atoms with Gasteiger partial charge in [-0.05, 0) is 0 Å². The highest BCUT2D eigenvalue weighted by Crippen LogP contribution is 2.31. The predicted molar refractivity (Wildman–Crippen MR) is 78.3 cm³/mol. The second-order valence-corrected chi connectivity index (χ2v) is 5.60. The van der Waals surface area contributed by atoms with E-state index < -0.39 is 35.0 Å². The third-order valence-electron chi connectivity index (χ3n) is 2.83. The molecule has 7 nitrogen and oxygen atoms in total. The van der Waals surface area contributed by atoms with Crippen LogP contribution in [0.3, 0.4) is 0 Å². The van der Waals surface area contributed by atoms with E-state index in [2.05, 4.69) is 10.9 Å². The minimum Gasteiger partial charge on any atom is -0.462 e. The third kappa shape index (κ3) is 3.99. The van der Waals surface area contributed by atoms with E-state index in [-0.39, 0.29) is 13.0 Å². The van der Waals surface area contributed by atoms with Crippen LogP contribution in [0, 0.1) is 18.2 Å². The Kier molecular flexibility index (Phi) is 5.41. The van der Waals surface area contributed by atoms with Crippen molar-refractivity contribution >= 4 is 23.5 Å². The van der Waals surface area contributed by atoms with Crippen LogP contribution in [0.1, 0.15) is 19.1 Å². The van der Waals surface area contributed by atoms with E-state index in [4.69, 9.17) is 21.6 Å². The van der Waals surface area contributed by atoms with Crippen molar-refractivity contribution < 1.29 is 18.7 Å². The van der Waals surface area contributed by atoms with E-state index in [1.54, 1.807) is 0 Å². The minimum atomic E-state index is -0.794. The Morgan fingerprint density at radius 3 is 3.23 bits per heavy atom. The van der Waals surface area contributed by atoms with Crippen LogP contribution in [0.4, 0.5) is 10.2 Å². The molecule has 1 fully saturated rings. The molecular weight excluding hydrogens is 313 g/mol. The first-order chi connectivity index (χ1) is 10.5. The standard InChI is InChI=1S/C13H14FN3O4S/c1-2-3-4-10(18)20-6-11-21-9(7-22-11)17-5-8(14)12(15)16-13(17)19/h1,5,9,11H,3-4,6-7H2,(H2,15,16,19)/t9-,11+/m0/s1. The zero-order valence-electron chi connectivity index (χ0n) is 11.5. The first-order valence-corrected chi connectivity index (χ1v) is 7.46. The number of anilines is 1. The summed E-state index contributed by atoms with van der Waals surface area (Å²) in [5, 5.41) is 0. The second kappa shape index (κ2) is 7.29. The number of terminal acetylenes is 1. The summed E-state index contributed by atoms with van der Waals surface area (Å²) < 4.78 is 25.0. The maximum Gasteiger partial charge on any atom is 0.351 e. The van der Waals surface area contributed by atoms with Crippen LogP contribution in [0.5, 0.6) is 0 Å². The lowest BCUT2D eigenvalue weighted by atomic mass is 10.3. The van der Waals surface area contributed by atoms with E-state index >= 15 is 0 Å². The average molecular weight is 327 g/mol. The molecule has 118 valence electrons. The molecule has 0 aromatic carbocycles. The van der Waals surface area contributed by atoms with Gasteiger partial charge in [0.25, 0.3) is 0 Å². The van der Waals surface area contributed by atoms with Crippen molar-refractivity contribution in [3.63, 3.8) is 0 Å². The molecule has 2 atom stereocenters. The molecular formula is C13H14FN3O4S. The number of nitrogens with zero attached hydrogens (tertiary/aromatic N) is 2. The van der Waals surface area contributed by atoms with Gasteiger partial charge in [-0.1, -0.05) is 0 Å². The van der Waals surface area contributed by atoms with Crippen molar-refractivity contribution in [1.29, 1.82) is 0 Å². The van der Waals surface area contributed by atoms with Gasteiger partial charge >= 0.3 is 11.7 Å². The van der Waals surface area contributed by atoms with E-state index in [1.807, 2.05) is 0 Å². The maximum atomic E-state index is 13.4. The molecule has 1 saturated heterocycles. The molecule has 0 amide bonds. The molecule has 1 aromatic heterocycles. The monoisotopic (exact) mass is 327 g/mol. The van der Waals surface area contributed by atoms with Crippen LogP contribution in [0.2, 0.25) is 0 Å². The summed E-state index contributed by atoms with van der Waals surface area (Å²) in [6.45, 7) is 0.0319. The molecule has 0 aliphatic carbocycles. The summed E-state index contributed by atoms with van der Waals surface area (Å²) >= 11 is 1.35. The molecule has 1 aliphatic heterocycles. The Balaban J connectivity index is 1.91. The second-order valence-electron chi connectivity index (χ2n) is 4.40. The first kappa shape index (κ1) is 16.3. The number of carbonyl (C=O) groups excluding carboxylic acids is 1. The molecule has 1 aromatic rings. The Morgan fingerprint density at radius 1 is 1.73 bits per heavy atom. The molecule has 0 bridgehead atoms. The van der Waals surface area contributed by atoms with E-state index in [9.17, 15) is 14.0 Å². The molecule has 22 heavy (non-hydrogen) atoms. The van der Waals surface area contributed by atoms with E-state index in [0.717, 1.165) is 10.8 Å². The number of esters is 1. The van der Waals surface area contributed by atoms with Crippen molar-refractivity contribution in [3.05, 3.63) is 22.5 Å². The van der Waals surface area contributed by atoms with E-state index in [1.165, 1.54) is 11.8 Å². The molecule has 1 aliphatic rings. The Labute approximate surface area is 130 Å². The smallest absolute Gasteiger partial charge is 0.351 e. The van der Waals surface area contributed by atoms with Gasteiger partial charge in [0.2, 0.25) is 0 Å². The van der Waals surface area contributed by atoms with E-state index in [0.29, 0.717) is 12.2 Å². The molecule has 0 radical (unpaired) electrons. The number of halogens is 1. The number of ether oxygens (including phenoxy) is 2. The lowest BCUT2D eigenvalue weighted by Gasteiger charge is -2.15. The first-order valence-electron chi connectivity index (χ1n) is 6.41. The highest BCUT2D eigenvalue weighted by atomic mass is 32.2. The largest absolute Gasteiger partial charge is 0.462 e. The van der Waals surface area contributed by atoms with Gasteiger partial charge in [0.1, 0.15) is 18.3 Å². The van der Waals surface area contributed by atoms with Crippen molar-refractivity contribution in [2.45, 2.75) is 24.5 Å². The summed E-state index contributed by atoms with van der Waals surface area (Å²) in [6, 6.07) is 0. The van der Waals surface area contributed by atoms with Gasteiger partial charge < -0.3 is 15.2 Å². The summed E-state index contributed by atoms with van der Waals surface area (Å²) in [4.78, 5) is 26.4. The van der Waals surface area contributed by atoms with Crippen molar-refractivity contribution in [2.24, 2.45) is 0 Å². The summed E-state index contributed by atoms with van der Waals surface area (Å²) in [5.74, 6) is 1.08. The summed E-state index contributed by atoms with van der Waals surface area (Å²) in [5.41, 5.74) is 4.08. The lowest BCUT2D eigenvalue weighted by molar-refractivity contribution is -0.146. The Bertz CT molecular complexity index is 658. The normalized spacial score (nSPS) is 20.5. The fraction of sp³-hybridized carbons (Fsp3) is 0.462. The number of rotatable bonds is 5. The number of hydrogen-bond donors (Lipinski definition) is 1. The van der Waals surface area contributed by atoms with Gasteiger partial charge in [-0.25, -0.2) is 9.18 Å². The van der Waals surface area contributed by atoms with Gasteiger partial charge in [0, 0.05) is 12.2 Å². The number of thioether (sulfide) groups is 1. The van der Waals surface area contributed by atoms with Crippen LogP contribution in [-0.2, 0) is 14.3 Å². The molecule has 2 N–H and O–H groups in total. The topological polar surface area (TPSA) is 96.4 Å². The number of nitrogen functional groups attached to an aromatic ring is 1. The predicted octanol–water partition coefficient (Wildman–Crippen LogP) is 0.509. The fourth-order valence-corrected chi connectivity index (χ4v) is 2.74. The number of aromatic nitrogens is 2. The molecule has 0 saturated carbocycles. The highest BCUT2D eigenvalue weighted by molar-refractivity contribution is 8.00. The molecule has 2 heterocycles. The van der Waals surface area contributed by atoms with Crippen molar-refractivity contribution in [3.8, 4) is 12.3 Å². The summed E-state index contributed by atoms with van der Waals surface area (Å²) in [7, 11) is 0.